The van der Waals surface area contributed by atoms with Crippen LogP contribution in [0.1, 0.15) is 5.56 Å². The van der Waals surface area contributed by atoms with Crippen molar-refractivity contribution < 1.29 is 4.74 Å². The third-order valence-electron chi connectivity index (χ3n) is 3.09. The van der Waals surface area contributed by atoms with Gasteiger partial charge in [0.15, 0.2) is 0 Å². The first kappa shape index (κ1) is 12.0. The maximum Gasteiger partial charge on any atom is 0.225 e. The van der Waals surface area contributed by atoms with Crippen molar-refractivity contribution in [1.29, 1.82) is 0 Å². The molecule has 98 valence electrons. The van der Waals surface area contributed by atoms with Crippen LogP contribution in [0, 0.1) is 0 Å². The molecule has 1 aliphatic rings. The van der Waals surface area contributed by atoms with E-state index in [-0.39, 0.29) is 11.1 Å². The highest BCUT2D eigenvalue weighted by atomic mass is 35.5. The molecule has 2 aromatic rings. The van der Waals surface area contributed by atoms with Gasteiger partial charge in [0.2, 0.25) is 11.8 Å². The van der Waals surface area contributed by atoms with Crippen molar-refractivity contribution in [3.05, 3.63) is 35.0 Å². The summed E-state index contributed by atoms with van der Waals surface area (Å²) in [5.74, 6) is 1.18. The Bertz CT molecular complexity index is 612. The lowest BCUT2D eigenvalue weighted by atomic mass is 10.1. The molecule has 1 aliphatic heterocycles. The number of hydrogen-bond acceptors (Lipinski definition) is 5. The molecule has 0 atom stereocenters. The Morgan fingerprint density at radius 3 is 2.95 bits per heavy atom. The smallest absolute Gasteiger partial charge is 0.225 e. The number of rotatable bonds is 2. The molecular weight excluding hydrogens is 264 g/mol. The number of hydrogen-bond donors (Lipinski definition) is 1. The summed E-state index contributed by atoms with van der Waals surface area (Å²) in [5.41, 5.74) is 8.04. The van der Waals surface area contributed by atoms with Gasteiger partial charge < -0.3 is 15.4 Å². The molecule has 0 saturated heterocycles. The number of likely N-dealkylation sites (N-methyl/N-ethyl adjacent to an activating group) is 1. The van der Waals surface area contributed by atoms with Crippen LogP contribution in [0.3, 0.4) is 0 Å². The predicted octanol–water partition coefficient (Wildman–Crippen LogP) is 2.50. The van der Waals surface area contributed by atoms with Crippen molar-refractivity contribution >= 4 is 23.2 Å². The van der Waals surface area contributed by atoms with E-state index in [1.807, 2.05) is 18.2 Å². The molecule has 0 spiro atoms. The van der Waals surface area contributed by atoms with E-state index in [0.717, 1.165) is 18.7 Å². The first-order valence-corrected chi connectivity index (χ1v) is 6.31. The van der Waals surface area contributed by atoms with Gasteiger partial charge >= 0.3 is 0 Å². The van der Waals surface area contributed by atoms with E-state index in [1.165, 1.54) is 17.3 Å². The zero-order chi connectivity index (χ0) is 13.4. The lowest BCUT2D eigenvalue weighted by Crippen LogP contribution is -2.12. The highest BCUT2D eigenvalue weighted by Gasteiger charge is 2.16. The molecule has 3 rings (SSSR count). The van der Waals surface area contributed by atoms with Crippen LogP contribution < -0.4 is 15.4 Å². The molecule has 0 aliphatic carbocycles. The Morgan fingerprint density at radius 2 is 2.16 bits per heavy atom. The van der Waals surface area contributed by atoms with Gasteiger partial charge in [-0.05, 0) is 30.2 Å². The van der Waals surface area contributed by atoms with E-state index >= 15 is 0 Å². The first-order chi connectivity index (χ1) is 9.11. The highest BCUT2D eigenvalue weighted by molar-refractivity contribution is 6.29. The number of nitrogens with two attached hydrogens (primary N) is 1. The number of benzene rings is 1. The van der Waals surface area contributed by atoms with E-state index in [1.54, 1.807) is 0 Å². The zero-order valence-electron chi connectivity index (χ0n) is 10.4. The number of nitrogens with zero attached hydrogens (tertiary/aromatic N) is 3. The maximum absolute atomic E-state index is 5.81. The van der Waals surface area contributed by atoms with Crippen LogP contribution in [0.2, 0.25) is 5.15 Å². The normalized spacial score (nSPS) is 13.5. The van der Waals surface area contributed by atoms with Gasteiger partial charge in [-0.15, -0.1) is 0 Å². The van der Waals surface area contributed by atoms with Crippen molar-refractivity contribution in [3.63, 3.8) is 0 Å². The van der Waals surface area contributed by atoms with E-state index in [0.29, 0.717) is 5.88 Å². The average Bonchev–Trinajstić information content (AvgIpc) is 2.69. The van der Waals surface area contributed by atoms with Gasteiger partial charge in [-0.3, -0.25) is 0 Å². The van der Waals surface area contributed by atoms with Crippen LogP contribution in [0.5, 0.6) is 11.6 Å². The molecule has 0 radical (unpaired) electrons. The van der Waals surface area contributed by atoms with Gasteiger partial charge in [0, 0.05) is 25.3 Å². The Hall–Kier alpha value is -2.01. The van der Waals surface area contributed by atoms with Crippen LogP contribution in [0.25, 0.3) is 0 Å². The van der Waals surface area contributed by atoms with Crippen LogP contribution in [0.15, 0.2) is 24.3 Å². The number of aromatic nitrogens is 2. The third-order valence-corrected chi connectivity index (χ3v) is 3.28. The quantitative estimate of drug-likeness (QED) is 0.854. The Morgan fingerprint density at radius 1 is 1.32 bits per heavy atom. The van der Waals surface area contributed by atoms with Crippen LogP contribution in [-0.2, 0) is 6.42 Å². The summed E-state index contributed by atoms with van der Waals surface area (Å²) in [6, 6.07) is 7.51. The number of anilines is 2. The summed E-state index contributed by atoms with van der Waals surface area (Å²) in [6.07, 6.45) is 1.02. The topological polar surface area (TPSA) is 64.3 Å². The van der Waals surface area contributed by atoms with Crippen molar-refractivity contribution in [2.24, 2.45) is 0 Å². The lowest BCUT2D eigenvalue weighted by Gasteiger charge is -2.12. The molecule has 1 aromatic heterocycles. The third kappa shape index (κ3) is 2.42. The first-order valence-electron chi connectivity index (χ1n) is 5.94. The Labute approximate surface area is 116 Å². The highest BCUT2D eigenvalue weighted by Crippen LogP contribution is 2.32. The number of nitrogen functional groups attached to an aromatic ring is 1. The van der Waals surface area contributed by atoms with Crippen LogP contribution in [0.4, 0.5) is 11.6 Å². The minimum absolute atomic E-state index is 0.100. The molecule has 5 nitrogen and oxygen atoms in total. The summed E-state index contributed by atoms with van der Waals surface area (Å²) in [5, 5.41) is 0.267. The second-order valence-corrected chi connectivity index (χ2v) is 4.84. The fraction of sp³-hybridized carbons (Fsp3) is 0.231. The number of halogens is 1. The van der Waals surface area contributed by atoms with Gasteiger partial charge in [0.1, 0.15) is 10.9 Å². The van der Waals surface area contributed by atoms with Crippen molar-refractivity contribution in [2.75, 3.05) is 24.2 Å². The zero-order valence-corrected chi connectivity index (χ0v) is 11.2. The Kier molecular flexibility index (Phi) is 2.91. The molecule has 2 heterocycles. The molecule has 0 fully saturated rings. The van der Waals surface area contributed by atoms with E-state index in [4.69, 9.17) is 22.1 Å². The van der Waals surface area contributed by atoms with Crippen LogP contribution in [-0.4, -0.2) is 23.6 Å². The van der Waals surface area contributed by atoms with Gasteiger partial charge in [0.05, 0.1) is 0 Å². The molecular formula is C13H13ClN4O. The number of fused-ring (bicyclic) bond motifs is 1. The van der Waals surface area contributed by atoms with E-state index in [9.17, 15) is 0 Å². The predicted molar refractivity (Wildman–Crippen MR) is 74.9 cm³/mol. The second kappa shape index (κ2) is 4.59. The monoisotopic (exact) mass is 276 g/mol. The fourth-order valence-corrected chi connectivity index (χ4v) is 2.37. The van der Waals surface area contributed by atoms with Gasteiger partial charge in [-0.2, -0.15) is 4.98 Å². The van der Waals surface area contributed by atoms with Gasteiger partial charge in [0.25, 0.3) is 0 Å². The second-order valence-electron chi connectivity index (χ2n) is 4.45. The Balaban J connectivity index is 1.88. The summed E-state index contributed by atoms with van der Waals surface area (Å²) in [7, 11) is 2.08. The van der Waals surface area contributed by atoms with Gasteiger partial charge in [-0.1, -0.05) is 11.6 Å². The summed E-state index contributed by atoms with van der Waals surface area (Å²) >= 11 is 5.81. The summed E-state index contributed by atoms with van der Waals surface area (Å²) in [4.78, 5) is 10.00. The van der Waals surface area contributed by atoms with Gasteiger partial charge in [-0.25, -0.2) is 4.98 Å². The maximum atomic E-state index is 5.81. The molecule has 1 aromatic carbocycles. The summed E-state index contributed by atoms with van der Waals surface area (Å²) in [6.45, 7) is 1.03. The number of ether oxygens (including phenoxy) is 1. The average molecular weight is 277 g/mol. The van der Waals surface area contributed by atoms with Crippen molar-refractivity contribution in [3.8, 4) is 11.6 Å². The van der Waals surface area contributed by atoms with Crippen molar-refractivity contribution in [1.82, 2.24) is 9.97 Å². The molecule has 19 heavy (non-hydrogen) atoms. The standard InChI is InChI=1S/C13H13ClN4O/c1-18-5-4-8-6-9(2-3-10(8)18)19-12-7-11(14)16-13(15)17-12/h2-3,6-7H,4-5H2,1H3,(H2,15,16,17). The molecule has 0 amide bonds. The molecule has 0 saturated carbocycles. The molecule has 0 bridgehead atoms. The van der Waals surface area contributed by atoms with Crippen LogP contribution >= 0.6 is 11.6 Å². The molecule has 6 heteroatoms. The summed E-state index contributed by atoms with van der Waals surface area (Å²) < 4.78 is 5.67. The minimum atomic E-state index is 0.100. The fourth-order valence-electron chi connectivity index (χ4n) is 2.19. The SMILES string of the molecule is CN1CCc2cc(Oc3cc(Cl)nc(N)n3)ccc21. The van der Waals surface area contributed by atoms with E-state index < -0.39 is 0 Å². The lowest BCUT2D eigenvalue weighted by molar-refractivity contribution is 0.462. The molecule has 2 N–H and O–H groups in total. The minimum Gasteiger partial charge on any atom is -0.439 e. The van der Waals surface area contributed by atoms with Crippen molar-refractivity contribution in [2.45, 2.75) is 6.42 Å². The largest absolute Gasteiger partial charge is 0.439 e. The molecule has 0 unspecified atom stereocenters. The van der Waals surface area contributed by atoms with E-state index in [2.05, 4.69) is 21.9 Å².